The molecule has 0 spiro atoms. The van der Waals surface area contributed by atoms with Gasteiger partial charge in [0.05, 0.1) is 16.9 Å². The molecule has 2 rings (SSSR count). The van der Waals surface area contributed by atoms with Crippen molar-refractivity contribution in [1.29, 1.82) is 0 Å². The topological polar surface area (TPSA) is 84.2 Å². The summed E-state index contributed by atoms with van der Waals surface area (Å²) < 4.78 is 1.63. The Morgan fingerprint density at radius 1 is 1.35 bits per heavy atom. The van der Waals surface area contributed by atoms with Crippen molar-refractivity contribution in [3.05, 3.63) is 32.8 Å². The number of aromatic carboxylic acids is 1. The van der Waals surface area contributed by atoms with E-state index in [4.69, 9.17) is 5.11 Å². The minimum atomic E-state index is -1.04. The van der Waals surface area contributed by atoms with Gasteiger partial charge in [-0.3, -0.25) is 9.48 Å². The minimum Gasteiger partial charge on any atom is -0.477 e. The first kappa shape index (κ1) is 14.3. The van der Waals surface area contributed by atoms with E-state index in [1.807, 2.05) is 0 Å². The predicted molar refractivity (Wildman–Crippen MR) is 76.7 cm³/mol. The van der Waals surface area contributed by atoms with Crippen LogP contribution in [0.2, 0.25) is 0 Å². The molecule has 0 fully saturated rings. The van der Waals surface area contributed by atoms with Crippen molar-refractivity contribution < 1.29 is 14.7 Å². The third-order valence-electron chi connectivity index (χ3n) is 3.14. The van der Waals surface area contributed by atoms with Crippen molar-refractivity contribution >= 4 is 28.9 Å². The molecular formula is C13H15N3O3S. The summed E-state index contributed by atoms with van der Waals surface area (Å²) >= 11 is 1.10. The highest BCUT2D eigenvalue weighted by molar-refractivity contribution is 7.12. The predicted octanol–water partition coefficient (Wildman–Crippen LogP) is 2.36. The molecule has 0 saturated heterocycles. The highest BCUT2D eigenvalue weighted by Gasteiger charge is 2.22. The molecule has 0 atom stereocenters. The molecule has 20 heavy (non-hydrogen) atoms. The molecule has 2 aromatic heterocycles. The first-order chi connectivity index (χ1) is 9.32. The molecule has 0 aromatic carbocycles. The lowest BCUT2D eigenvalue weighted by molar-refractivity contribution is 0.0703. The molecule has 2 aromatic rings. The van der Waals surface area contributed by atoms with E-state index in [0.717, 1.165) is 22.6 Å². The molecule has 0 aliphatic heterocycles. The Hall–Kier alpha value is -2.15. The van der Waals surface area contributed by atoms with E-state index < -0.39 is 5.97 Å². The van der Waals surface area contributed by atoms with E-state index in [2.05, 4.69) is 10.4 Å². The van der Waals surface area contributed by atoms with Crippen molar-refractivity contribution in [3.8, 4) is 0 Å². The Morgan fingerprint density at radius 3 is 2.50 bits per heavy atom. The van der Waals surface area contributed by atoms with Crippen LogP contribution in [0.25, 0.3) is 0 Å². The van der Waals surface area contributed by atoms with Crippen molar-refractivity contribution in [1.82, 2.24) is 9.78 Å². The molecular weight excluding hydrogens is 278 g/mol. The van der Waals surface area contributed by atoms with Crippen molar-refractivity contribution in [2.24, 2.45) is 7.05 Å². The van der Waals surface area contributed by atoms with Gasteiger partial charge in [-0.1, -0.05) is 0 Å². The normalized spacial score (nSPS) is 10.6. The van der Waals surface area contributed by atoms with Crippen LogP contribution < -0.4 is 5.32 Å². The van der Waals surface area contributed by atoms with E-state index >= 15 is 0 Å². The van der Waals surface area contributed by atoms with Gasteiger partial charge in [-0.2, -0.15) is 5.10 Å². The van der Waals surface area contributed by atoms with Gasteiger partial charge in [0, 0.05) is 12.7 Å². The zero-order valence-electron chi connectivity index (χ0n) is 11.6. The number of carbonyl (C=O) groups excluding carboxylic acids is 1. The van der Waals surface area contributed by atoms with Gasteiger partial charge < -0.3 is 10.4 Å². The van der Waals surface area contributed by atoms with E-state index in [-0.39, 0.29) is 10.8 Å². The number of hydrogen-bond donors (Lipinski definition) is 2. The fourth-order valence-electron chi connectivity index (χ4n) is 2.04. The standard InChI is InChI=1S/C13H15N3O3S/c1-6-5-20-11(13(18)19)10(6)14-12(17)9-7(2)15-16(4)8(9)3/h5H,1-4H3,(H,14,17)(H,18,19). The number of carboxylic acids is 1. The van der Waals surface area contributed by atoms with E-state index in [1.165, 1.54) is 0 Å². The monoisotopic (exact) mass is 293 g/mol. The Bertz CT molecular complexity index is 700. The minimum absolute atomic E-state index is 0.134. The highest BCUT2D eigenvalue weighted by Crippen LogP contribution is 2.28. The number of nitrogens with zero attached hydrogens (tertiary/aromatic N) is 2. The molecule has 6 nitrogen and oxygen atoms in total. The number of nitrogens with one attached hydrogen (secondary N) is 1. The van der Waals surface area contributed by atoms with Gasteiger partial charge in [-0.25, -0.2) is 4.79 Å². The molecule has 2 N–H and O–H groups in total. The molecule has 7 heteroatoms. The average molecular weight is 293 g/mol. The summed E-state index contributed by atoms with van der Waals surface area (Å²) in [5.74, 6) is -1.38. The fraction of sp³-hybridized carbons (Fsp3) is 0.308. The second kappa shape index (κ2) is 5.09. The number of thiophene rings is 1. The lowest BCUT2D eigenvalue weighted by atomic mass is 10.1. The summed E-state index contributed by atoms with van der Waals surface area (Å²) in [7, 11) is 1.76. The third kappa shape index (κ3) is 2.32. The Labute approximate surface area is 120 Å². The number of aromatic nitrogens is 2. The van der Waals surface area contributed by atoms with Crippen LogP contribution in [0.3, 0.4) is 0 Å². The van der Waals surface area contributed by atoms with Crippen LogP contribution in [0.15, 0.2) is 5.38 Å². The molecule has 0 saturated carbocycles. The number of anilines is 1. The second-order valence-electron chi connectivity index (χ2n) is 4.55. The number of aryl methyl sites for hydroxylation is 3. The quantitative estimate of drug-likeness (QED) is 0.909. The molecule has 0 radical (unpaired) electrons. The van der Waals surface area contributed by atoms with Crippen molar-refractivity contribution in [2.75, 3.05) is 5.32 Å². The van der Waals surface area contributed by atoms with Crippen LogP contribution in [-0.2, 0) is 7.05 Å². The summed E-state index contributed by atoms with van der Waals surface area (Å²) in [6.45, 7) is 5.31. The summed E-state index contributed by atoms with van der Waals surface area (Å²) in [6, 6.07) is 0. The van der Waals surface area contributed by atoms with Crippen LogP contribution in [0.1, 0.15) is 37.0 Å². The number of hydrogen-bond acceptors (Lipinski definition) is 4. The van der Waals surface area contributed by atoms with Crippen molar-refractivity contribution in [3.63, 3.8) is 0 Å². The Morgan fingerprint density at radius 2 is 2.00 bits per heavy atom. The zero-order chi connectivity index (χ0) is 15.0. The lowest BCUT2D eigenvalue weighted by Gasteiger charge is -2.06. The number of carboxylic acid groups (broad SMARTS) is 1. The van der Waals surface area contributed by atoms with Gasteiger partial charge in [0.1, 0.15) is 4.88 Å². The van der Waals surface area contributed by atoms with Gasteiger partial charge in [-0.05, 0) is 31.7 Å². The first-order valence-electron chi connectivity index (χ1n) is 5.95. The summed E-state index contributed by atoms with van der Waals surface area (Å²) in [4.78, 5) is 23.6. The van der Waals surface area contributed by atoms with Gasteiger partial charge in [0.25, 0.3) is 5.91 Å². The maximum atomic E-state index is 12.3. The molecule has 0 bridgehead atoms. The highest BCUT2D eigenvalue weighted by atomic mass is 32.1. The Kier molecular flexibility index (Phi) is 3.63. The number of rotatable bonds is 3. The first-order valence-corrected chi connectivity index (χ1v) is 6.83. The van der Waals surface area contributed by atoms with Gasteiger partial charge in [0.2, 0.25) is 0 Å². The summed E-state index contributed by atoms with van der Waals surface area (Å²) in [5.41, 5.74) is 2.93. The molecule has 0 unspecified atom stereocenters. The van der Waals surface area contributed by atoms with Crippen molar-refractivity contribution in [2.45, 2.75) is 20.8 Å². The third-order valence-corrected chi connectivity index (χ3v) is 4.23. The Balaban J connectivity index is 2.38. The fourth-order valence-corrected chi connectivity index (χ4v) is 2.88. The number of carbonyl (C=O) groups is 2. The largest absolute Gasteiger partial charge is 0.477 e. The molecule has 0 aliphatic rings. The smallest absolute Gasteiger partial charge is 0.348 e. The van der Waals surface area contributed by atoms with Crippen LogP contribution >= 0.6 is 11.3 Å². The SMILES string of the molecule is Cc1csc(C(=O)O)c1NC(=O)c1c(C)nn(C)c1C. The molecule has 0 aliphatic carbocycles. The summed E-state index contributed by atoms with van der Waals surface area (Å²) in [5, 5.41) is 17.7. The van der Waals surface area contributed by atoms with E-state index in [0.29, 0.717) is 16.9 Å². The number of amides is 1. The summed E-state index contributed by atoms with van der Waals surface area (Å²) in [6.07, 6.45) is 0. The van der Waals surface area contributed by atoms with Crippen LogP contribution in [-0.4, -0.2) is 26.8 Å². The molecule has 2 heterocycles. The zero-order valence-corrected chi connectivity index (χ0v) is 12.5. The van der Waals surface area contributed by atoms with Crippen LogP contribution in [0.5, 0.6) is 0 Å². The van der Waals surface area contributed by atoms with Crippen LogP contribution in [0, 0.1) is 20.8 Å². The van der Waals surface area contributed by atoms with Gasteiger partial charge in [0.15, 0.2) is 0 Å². The second-order valence-corrected chi connectivity index (χ2v) is 5.43. The lowest BCUT2D eigenvalue weighted by Crippen LogP contribution is -2.16. The maximum absolute atomic E-state index is 12.3. The average Bonchev–Trinajstić information content (AvgIpc) is 2.82. The van der Waals surface area contributed by atoms with Crippen LogP contribution in [0.4, 0.5) is 5.69 Å². The van der Waals surface area contributed by atoms with Gasteiger partial charge in [-0.15, -0.1) is 11.3 Å². The van der Waals surface area contributed by atoms with E-state index in [9.17, 15) is 9.59 Å². The molecule has 106 valence electrons. The maximum Gasteiger partial charge on any atom is 0.348 e. The molecule has 1 amide bonds. The van der Waals surface area contributed by atoms with E-state index in [1.54, 1.807) is 37.9 Å². The van der Waals surface area contributed by atoms with Gasteiger partial charge >= 0.3 is 5.97 Å².